The SMILES string of the molecule is COc1ncnc(NCc2ccc(C)nc2)c1N. The van der Waals surface area contributed by atoms with Gasteiger partial charge in [-0.1, -0.05) is 6.07 Å². The Balaban J connectivity index is 2.08. The quantitative estimate of drug-likeness (QED) is 0.846. The predicted octanol–water partition coefficient (Wildman–Crippen LogP) is 1.38. The average Bonchev–Trinajstić information content (AvgIpc) is 2.39. The molecule has 3 N–H and O–H groups in total. The fraction of sp³-hybridized carbons (Fsp3) is 0.250. The number of rotatable bonds is 4. The summed E-state index contributed by atoms with van der Waals surface area (Å²) in [6, 6.07) is 3.96. The molecule has 0 saturated heterocycles. The number of nitrogens with one attached hydrogen (secondary N) is 1. The third kappa shape index (κ3) is 2.65. The van der Waals surface area contributed by atoms with E-state index in [4.69, 9.17) is 10.5 Å². The van der Waals surface area contributed by atoms with Crippen LogP contribution in [0.25, 0.3) is 0 Å². The van der Waals surface area contributed by atoms with E-state index in [2.05, 4.69) is 20.3 Å². The van der Waals surface area contributed by atoms with Crippen LogP contribution in [-0.2, 0) is 6.54 Å². The van der Waals surface area contributed by atoms with E-state index in [0.717, 1.165) is 11.3 Å². The molecule has 0 saturated carbocycles. The monoisotopic (exact) mass is 245 g/mol. The largest absolute Gasteiger partial charge is 0.479 e. The highest BCUT2D eigenvalue weighted by atomic mass is 16.5. The minimum absolute atomic E-state index is 0.370. The van der Waals surface area contributed by atoms with Crippen LogP contribution >= 0.6 is 0 Å². The van der Waals surface area contributed by atoms with Gasteiger partial charge < -0.3 is 15.8 Å². The molecule has 0 fully saturated rings. The molecule has 2 rings (SSSR count). The van der Waals surface area contributed by atoms with Gasteiger partial charge in [0.1, 0.15) is 12.0 Å². The van der Waals surface area contributed by atoms with E-state index < -0.39 is 0 Å². The van der Waals surface area contributed by atoms with Gasteiger partial charge in [0.15, 0.2) is 5.82 Å². The Hall–Kier alpha value is -2.37. The maximum absolute atomic E-state index is 5.85. The van der Waals surface area contributed by atoms with Crippen molar-refractivity contribution in [3.05, 3.63) is 35.9 Å². The molecule has 18 heavy (non-hydrogen) atoms. The van der Waals surface area contributed by atoms with Gasteiger partial charge in [0, 0.05) is 18.4 Å². The summed E-state index contributed by atoms with van der Waals surface area (Å²) in [5.41, 5.74) is 8.30. The molecule has 0 amide bonds. The molecule has 6 heteroatoms. The van der Waals surface area contributed by atoms with Gasteiger partial charge in [-0.2, -0.15) is 4.98 Å². The zero-order chi connectivity index (χ0) is 13.0. The molecule has 2 aromatic rings. The minimum atomic E-state index is 0.370. The van der Waals surface area contributed by atoms with Crippen molar-refractivity contribution in [2.75, 3.05) is 18.2 Å². The number of nitrogens with two attached hydrogens (primary N) is 1. The van der Waals surface area contributed by atoms with Gasteiger partial charge in [-0.05, 0) is 18.6 Å². The van der Waals surface area contributed by atoms with Gasteiger partial charge in [-0.3, -0.25) is 4.98 Å². The Morgan fingerprint density at radius 2 is 2.11 bits per heavy atom. The number of methoxy groups -OCH3 is 1. The van der Waals surface area contributed by atoms with Crippen LogP contribution in [0.3, 0.4) is 0 Å². The van der Waals surface area contributed by atoms with Crippen molar-refractivity contribution in [1.82, 2.24) is 15.0 Å². The molecule has 2 heterocycles. The van der Waals surface area contributed by atoms with Crippen LogP contribution in [-0.4, -0.2) is 22.1 Å². The molecule has 94 valence electrons. The average molecular weight is 245 g/mol. The van der Waals surface area contributed by atoms with Gasteiger partial charge in [-0.15, -0.1) is 0 Å². The molecule has 2 aromatic heterocycles. The third-order valence-electron chi connectivity index (χ3n) is 2.47. The Morgan fingerprint density at radius 3 is 2.78 bits per heavy atom. The lowest BCUT2D eigenvalue weighted by Gasteiger charge is -2.10. The van der Waals surface area contributed by atoms with Crippen molar-refractivity contribution >= 4 is 11.5 Å². The van der Waals surface area contributed by atoms with Crippen molar-refractivity contribution < 1.29 is 4.74 Å². The molecule has 0 atom stereocenters. The van der Waals surface area contributed by atoms with E-state index in [1.54, 1.807) is 0 Å². The molecule has 0 spiro atoms. The van der Waals surface area contributed by atoms with Gasteiger partial charge in [0.25, 0.3) is 0 Å². The lowest BCUT2D eigenvalue weighted by atomic mass is 10.2. The van der Waals surface area contributed by atoms with Gasteiger partial charge in [-0.25, -0.2) is 4.98 Å². The van der Waals surface area contributed by atoms with E-state index in [1.807, 2.05) is 25.3 Å². The van der Waals surface area contributed by atoms with Gasteiger partial charge >= 0.3 is 0 Å². The number of pyridine rings is 1. The first kappa shape index (κ1) is 12.1. The number of aryl methyl sites for hydroxylation is 1. The molecular weight excluding hydrogens is 230 g/mol. The maximum Gasteiger partial charge on any atom is 0.242 e. The summed E-state index contributed by atoms with van der Waals surface area (Å²) in [5, 5.41) is 3.13. The standard InChI is InChI=1S/C12H15N5O/c1-8-3-4-9(5-14-8)6-15-11-10(13)12(18-2)17-7-16-11/h3-5,7H,6,13H2,1-2H3,(H,15,16,17). The van der Waals surface area contributed by atoms with Crippen molar-refractivity contribution in [3.8, 4) is 5.88 Å². The van der Waals surface area contributed by atoms with Crippen LogP contribution in [0.1, 0.15) is 11.3 Å². The normalized spacial score (nSPS) is 10.1. The number of ether oxygens (including phenoxy) is 1. The number of nitrogens with zero attached hydrogens (tertiary/aromatic N) is 3. The zero-order valence-electron chi connectivity index (χ0n) is 10.3. The van der Waals surface area contributed by atoms with E-state index in [9.17, 15) is 0 Å². The summed E-state index contributed by atoms with van der Waals surface area (Å²) in [4.78, 5) is 12.2. The van der Waals surface area contributed by atoms with Crippen molar-refractivity contribution in [1.29, 1.82) is 0 Å². The highest BCUT2D eigenvalue weighted by Gasteiger charge is 2.07. The van der Waals surface area contributed by atoms with Crippen molar-refractivity contribution in [2.24, 2.45) is 0 Å². The second-order valence-electron chi connectivity index (χ2n) is 3.81. The summed E-state index contributed by atoms with van der Waals surface area (Å²) >= 11 is 0. The number of nitrogen functional groups attached to an aromatic ring is 1. The number of hydrogen-bond acceptors (Lipinski definition) is 6. The maximum atomic E-state index is 5.85. The van der Waals surface area contributed by atoms with Crippen LogP contribution in [0.5, 0.6) is 5.88 Å². The first-order valence-electron chi connectivity index (χ1n) is 5.50. The molecule has 0 aromatic carbocycles. The zero-order valence-corrected chi connectivity index (χ0v) is 10.3. The molecule has 6 nitrogen and oxygen atoms in total. The van der Waals surface area contributed by atoms with Crippen LogP contribution in [0.2, 0.25) is 0 Å². The van der Waals surface area contributed by atoms with Crippen LogP contribution in [0, 0.1) is 6.92 Å². The topological polar surface area (TPSA) is 86.0 Å². The summed E-state index contributed by atoms with van der Waals surface area (Å²) in [7, 11) is 1.52. The van der Waals surface area contributed by atoms with Crippen molar-refractivity contribution in [2.45, 2.75) is 13.5 Å². The van der Waals surface area contributed by atoms with E-state index >= 15 is 0 Å². The summed E-state index contributed by atoms with van der Waals surface area (Å²) < 4.78 is 5.02. The fourth-order valence-electron chi connectivity index (χ4n) is 1.47. The molecule has 0 aliphatic carbocycles. The summed E-state index contributed by atoms with van der Waals surface area (Å²) in [6.45, 7) is 2.54. The first-order chi connectivity index (χ1) is 8.70. The third-order valence-corrected chi connectivity index (χ3v) is 2.47. The van der Waals surface area contributed by atoms with Crippen LogP contribution in [0.4, 0.5) is 11.5 Å². The van der Waals surface area contributed by atoms with Crippen LogP contribution in [0.15, 0.2) is 24.7 Å². The lowest BCUT2D eigenvalue weighted by molar-refractivity contribution is 0.399. The predicted molar refractivity (Wildman–Crippen MR) is 69.3 cm³/mol. The molecule has 0 unspecified atom stereocenters. The summed E-state index contributed by atoms with van der Waals surface area (Å²) in [6.07, 6.45) is 3.22. The Labute approximate surface area is 105 Å². The molecule has 0 aliphatic heterocycles. The van der Waals surface area contributed by atoms with Gasteiger partial charge in [0.2, 0.25) is 5.88 Å². The second-order valence-corrected chi connectivity index (χ2v) is 3.81. The second kappa shape index (κ2) is 5.31. The fourth-order valence-corrected chi connectivity index (χ4v) is 1.47. The molecule has 0 radical (unpaired) electrons. The number of anilines is 2. The van der Waals surface area contributed by atoms with Crippen LogP contribution < -0.4 is 15.8 Å². The lowest BCUT2D eigenvalue weighted by Crippen LogP contribution is -2.07. The first-order valence-corrected chi connectivity index (χ1v) is 5.50. The molecule has 0 aliphatic rings. The Morgan fingerprint density at radius 1 is 1.28 bits per heavy atom. The Bertz CT molecular complexity index is 526. The highest BCUT2D eigenvalue weighted by Crippen LogP contribution is 2.24. The van der Waals surface area contributed by atoms with Gasteiger partial charge in [0.05, 0.1) is 7.11 Å². The van der Waals surface area contributed by atoms with E-state index in [-0.39, 0.29) is 0 Å². The van der Waals surface area contributed by atoms with E-state index in [1.165, 1.54) is 13.4 Å². The minimum Gasteiger partial charge on any atom is -0.479 e. The van der Waals surface area contributed by atoms with Crippen molar-refractivity contribution in [3.63, 3.8) is 0 Å². The molecular formula is C12H15N5O. The van der Waals surface area contributed by atoms with E-state index in [0.29, 0.717) is 23.9 Å². The molecule has 0 bridgehead atoms. The smallest absolute Gasteiger partial charge is 0.242 e. The number of hydrogen-bond donors (Lipinski definition) is 2. The Kier molecular flexibility index (Phi) is 3.57. The summed E-state index contributed by atoms with van der Waals surface area (Å²) in [5.74, 6) is 0.928. The highest BCUT2D eigenvalue weighted by molar-refractivity contribution is 5.66. The number of aromatic nitrogens is 3.